The number of aromatic hydroxyl groups is 3. The molecule has 0 amide bonds. The third kappa shape index (κ3) is 1.82. The molecule has 0 saturated heterocycles. The molecular weight excluding hydrogens is 259 g/mol. The van der Waals surface area contributed by atoms with E-state index in [9.17, 15) is 19.7 Å². The summed E-state index contributed by atoms with van der Waals surface area (Å²) >= 11 is 0. The standard InChI is InChI=1S/C16H11FO3/c17-16-11-4-2-1-3-9(11)5-6-12(16)15-13(19)7-10(18)8-14(15)20/h1-8,18-20H. The number of halogens is 1. The highest BCUT2D eigenvalue weighted by Crippen LogP contribution is 2.42. The summed E-state index contributed by atoms with van der Waals surface area (Å²) in [5, 5.41) is 30.1. The Hall–Kier alpha value is -2.75. The molecule has 0 aromatic heterocycles. The van der Waals surface area contributed by atoms with Crippen LogP contribution in [0.5, 0.6) is 17.2 Å². The number of rotatable bonds is 1. The maximum atomic E-state index is 14.5. The van der Waals surface area contributed by atoms with Crippen molar-refractivity contribution in [3.63, 3.8) is 0 Å². The van der Waals surface area contributed by atoms with Crippen LogP contribution < -0.4 is 0 Å². The molecular formula is C16H11FO3. The molecule has 0 heterocycles. The average molecular weight is 270 g/mol. The van der Waals surface area contributed by atoms with Crippen LogP contribution >= 0.6 is 0 Å². The largest absolute Gasteiger partial charge is 0.508 e. The van der Waals surface area contributed by atoms with Gasteiger partial charge in [-0.05, 0) is 5.39 Å². The first-order valence-corrected chi connectivity index (χ1v) is 6.00. The first kappa shape index (κ1) is 12.3. The lowest BCUT2D eigenvalue weighted by Crippen LogP contribution is -1.88. The van der Waals surface area contributed by atoms with Crippen LogP contribution in [0.2, 0.25) is 0 Å². The normalized spacial score (nSPS) is 10.8. The maximum Gasteiger partial charge on any atom is 0.139 e. The van der Waals surface area contributed by atoms with Crippen molar-refractivity contribution < 1.29 is 19.7 Å². The highest BCUT2D eigenvalue weighted by atomic mass is 19.1. The molecule has 4 heteroatoms. The first-order valence-electron chi connectivity index (χ1n) is 6.00. The lowest BCUT2D eigenvalue weighted by molar-refractivity contribution is 0.430. The Morgan fingerprint density at radius 1 is 0.800 bits per heavy atom. The molecule has 20 heavy (non-hydrogen) atoms. The number of benzene rings is 3. The molecule has 3 N–H and O–H groups in total. The Morgan fingerprint density at radius 2 is 1.45 bits per heavy atom. The van der Waals surface area contributed by atoms with Crippen molar-refractivity contribution in [2.24, 2.45) is 0 Å². The molecule has 0 spiro atoms. The van der Waals surface area contributed by atoms with E-state index in [1.807, 2.05) is 0 Å². The second-order valence-electron chi connectivity index (χ2n) is 4.51. The number of phenols is 3. The van der Waals surface area contributed by atoms with Gasteiger partial charge in [0.15, 0.2) is 0 Å². The van der Waals surface area contributed by atoms with Gasteiger partial charge in [0, 0.05) is 23.1 Å². The Bertz CT molecular complexity index is 789. The summed E-state index contributed by atoms with van der Waals surface area (Å²) in [5.41, 5.74) is 0.0461. The first-order chi connectivity index (χ1) is 9.58. The molecule has 3 nitrogen and oxygen atoms in total. The quantitative estimate of drug-likeness (QED) is 0.631. The lowest BCUT2D eigenvalue weighted by Gasteiger charge is -2.11. The molecule has 0 aliphatic heterocycles. The molecule has 0 aliphatic rings. The molecule has 0 radical (unpaired) electrons. The van der Waals surface area contributed by atoms with Gasteiger partial charge < -0.3 is 15.3 Å². The van der Waals surface area contributed by atoms with Crippen molar-refractivity contribution in [1.82, 2.24) is 0 Å². The van der Waals surface area contributed by atoms with Gasteiger partial charge in [-0.3, -0.25) is 0 Å². The van der Waals surface area contributed by atoms with E-state index in [0.717, 1.165) is 17.5 Å². The van der Waals surface area contributed by atoms with Gasteiger partial charge in [0.05, 0.1) is 5.56 Å². The Balaban J connectivity index is 2.33. The minimum absolute atomic E-state index is 0.0361. The highest BCUT2D eigenvalue weighted by molar-refractivity contribution is 5.90. The number of hydrogen-bond donors (Lipinski definition) is 3. The van der Waals surface area contributed by atoms with E-state index in [1.54, 1.807) is 30.3 Å². The van der Waals surface area contributed by atoms with Crippen LogP contribution in [0.4, 0.5) is 4.39 Å². The van der Waals surface area contributed by atoms with Crippen LogP contribution in [0.15, 0.2) is 48.5 Å². The van der Waals surface area contributed by atoms with Crippen LogP contribution in [-0.4, -0.2) is 15.3 Å². The third-order valence-electron chi connectivity index (χ3n) is 3.21. The number of phenolic OH excluding ortho intramolecular Hbond substituents is 3. The van der Waals surface area contributed by atoms with Gasteiger partial charge in [-0.1, -0.05) is 36.4 Å². The molecule has 0 fully saturated rings. The molecule has 3 aromatic rings. The summed E-state index contributed by atoms with van der Waals surface area (Å²) in [6, 6.07) is 12.2. The van der Waals surface area contributed by atoms with Crippen molar-refractivity contribution >= 4 is 10.8 Å². The van der Waals surface area contributed by atoms with E-state index < -0.39 is 5.82 Å². The summed E-state index contributed by atoms with van der Waals surface area (Å²) in [4.78, 5) is 0. The SMILES string of the molecule is Oc1cc(O)c(-c2ccc3ccccc3c2F)c(O)c1. The fourth-order valence-electron chi connectivity index (χ4n) is 2.30. The van der Waals surface area contributed by atoms with Crippen molar-refractivity contribution in [1.29, 1.82) is 0 Å². The molecule has 100 valence electrons. The fraction of sp³-hybridized carbons (Fsp3) is 0. The molecule has 0 saturated carbocycles. The van der Waals surface area contributed by atoms with E-state index in [0.29, 0.717) is 5.39 Å². The smallest absolute Gasteiger partial charge is 0.139 e. The van der Waals surface area contributed by atoms with Crippen LogP contribution in [0.25, 0.3) is 21.9 Å². The van der Waals surface area contributed by atoms with E-state index >= 15 is 0 Å². The van der Waals surface area contributed by atoms with E-state index in [4.69, 9.17) is 0 Å². The molecule has 0 atom stereocenters. The monoisotopic (exact) mass is 270 g/mol. The lowest BCUT2D eigenvalue weighted by atomic mass is 9.98. The summed E-state index contributed by atoms with van der Waals surface area (Å²) < 4.78 is 14.5. The number of hydrogen-bond acceptors (Lipinski definition) is 3. The van der Waals surface area contributed by atoms with E-state index in [1.165, 1.54) is 6.07 Å². The van der Waals surface area contributed by atoms with Gasteiger partial charge in [-0.2, -0.15) is 0 Å². The van der Waals surface area contributed by atoms with Crippen molar-refractivity contribution in [3.05, 3.63) is 54.3 Å². The second-order valence-corrected chi connectivity index (χ2v) is 4.51. The molecule has 0 unspecified atom stereocenters. The average Bonchev–Trinajstić information content (AvgIpc) is 2.40. The van der Waals surface area contributed by atoms with Crippen molar-refractivity contribution in [2.45, 2.75) is 0 Å². The van der Waals surface area contributed by atoms with Gasteiger partial charge in [0.25, 0.3) is 0 Å². The van der Waals surface area contributed by atoms with Crippen LogP contribution in [0.1, 0.15) is 0 Å². The second kappa shape index (κ2) is 4.42. The van der Waals surface area contributed by atoms with Gasteiger partial charge in [-0.15, -0.1) is 0 Å². The zero-order valence-corrected chi connectivity index (χ0v) is 10.3. The fourth-order valence-corrected chi connectivity index (χ4v) is 2.30. The Kier molecular flexibility index (Phi) is 2.71. The Morgan fingerprint density at radius 3 is 2.15 bits per heavy atom. The zero-order chi connectivity index (χ0) is 14.3. The van der Waals surface area contributed by atoms with Gasteiger partial charge in [-0.25, -0.2) is 4.39 Å². The molecule has 0 aliphatic carbocycles. The van der Waals surface area contributed by atoms with Crippen molar-refractivity contribution in [2.75, 3.05) is 0 Å². The summed E-state index contributed by atoms with van der Waals surface area (Å²) in [6.45, 7) is 0. The molecule has 3 rings (SSSR count). The Labute approximate surface area is 114 Å². The minimum atomic E-state index is -0.528. The predicted octanol–water partition coefficient (Wildman–Crippen LogP) is 3.76. The van der Waals surface area contributed by atoms with Crippen LogP contribution in [0, 0.1) is 5.82 Å². The molecule has 0 bridgehead atoms. The highest BCUT2D eigenvalue weighted by Gasteiger charge is 2.17. The minimum Gasteiger partial charge on any atom is -0.508 e. The topological polar surface area (TPSA) is 60.7 Å². The van der Waals surface area contributed by atoms with E-state index in [2.05, 4.69) is 0 Å². The van der Waals surface area contributed by atoms with Gasteiger partial charge >= 0.3 is 0 Å². The maximum absolute atomic E-state index is 14.5. The zero-order valence-electron chi connectivity index (χ0n) is 10.3. The summed E-state index contributed by atoms with van der Waals surface area (Å²) in [7, 11) is 0. The van der Waals surface area contributed by atoms with Crippen LogP contribution in [0.3, 0.4) is 0 Å². The van der Waals surface area contributed by atoms with Gasteiger partial charge in [0.1, 0.15) is 23.1 Å². The van der Waals surface area contributed by atoms with Crippen LogP contribution in [-0.2, 0) is 0 Å². The number of fused-ring (bicyclic) bond motifs is 1. The molecule has 3 aromatic carbocycles. The summed E-state index contributed by atoms with van der Waals surface area (Å²) in [5.74, 6) is -1.57. The van der Waals surface area contributed by atoms with Crippen molar-refractivity contribution in [3.8, 4) is 28.4 Å². The summed E-state index contributed by atoms with van der Waals surface area (Å²) in [6.07, 6.45) is 0. The van der Waals surface area contributed by atoms with Gasteiger partial charge in [0.2, 0.25) is 0 Å². The van der Waals surface area contributed by atoms with E-state index in [-0.39, 0.29) is 28.4 Å². The predicted molar refractivity (Wildman–Crippen MR) is 74.3 cm³/mol. The third-order valence-corrected chi connectivity index (χ3v) is 3.21.